The fraction of sp³-hybridized carbons (Fsp3) is 0.600. The maximum atomic E-state index is 5.78. The van der Waals surface area contributed by atoms with Crippen molar-refractivity contribution in [3.8, 4) is 0 Å². The Morgan fingerprint density at radius 1 is 1.64 bits per heavy atom. The second kappa shape index (κ2) is 5.12. The Hall–Kier alpha value is -0.0900. The van der Waals surface area contributed by atoms with Crippen LogP contribution in [0, 0.1) is 0 Å². The Balaban J connectivity index is 1.86. The van der Waals surface area contributed by atoms with Gasteiger partial charge in [-0.1, -0.05) is 0 Å². The number of halogens is 1. The number of ether oxygens (including phenoxy) is 1. The molecule has 0 N–H and O–H groups in total. The van der Waals surface area contributed by atoms with Gasteiger partial charge in [-0.2, -0.15) is 11.3 Å². The molecule has 1 unspecified atom stereocenters. The van der Waals surface area contributed by atoms with Gasteiger partial charge in [0.25, 0.3) is 0 Å². The lowest BCUT2D eigenvalue weighted by Crippen LogP contribution is -2.42. The highest BCUT2D eigenvalue weighted by atomic mass is 35.5. The highest BCUT2D eigenvalue weighted by Gasteiger charge is 2.19. The molecule has 0 bridgehead atoms. The largest absolute Gasteiger partial charge is 0.374 e. The first-order valence-electron chi connectivity index (χ1n) is 4.79. The first-order chi connectivity index (χ1) is 6.88. The van der Waals surface area contributed by atoms with E-state index in [0.29, 0.717) is 5.88 Å². The third kappa shape index (κ3) is 2.70. The lowest BCUT2D eigenvalue weighted by molar-refractivity contribution is -0.0193. The summed E-state index contributed by atoms with van der Waals surface area (Å²) in [6.07, 6.45) is 0.212. The van der Waals surface area contributed by atoms with E-state index >= 15 is 0 Å². The van der Waals surface area contributed by atoms with Crippen LogP contribution in [0.2, 0.25) is 0 Å². The number of rotatable bonds is 3. The third-order valence-corrected chi connectivity index (χ3v) is 3.46. The molecular formula is C10H14ClNOS. The lowest BCUT2D eigenvalue weighted by Gasteiger charge is -2.31. The van der Waals surface area contributed by atoms with Crippen molar-refractivity contribution in [1.82, 2.24) is 4.90 Å². The van der Waals surface area contributed by atoms with Gasteiger partial charge in [-0.05, 0) is 22.4 Å². The molecule has 0 spiro atoms. The van der Waals surface area contributed by atoms with Crippen molar-refractivity contribution in [2.45, 2.75) is 12.6 Å². The number of hydrogen-bond donors (Lipinski definition) is 0. The molecule has 0 radical (unpaired) electrons. The van der Waals surface area contributed by atoms with Crippen molar-refractivity contribution in [2.24, 2.45) is 0 Å². The van der Waals surface area contributed by atoms with Crippen LogP contribution in [0.15, 0.2) is 16.8 Å². The second-order valence-corrected chi connectivity index (χ2v) is 4.60. The molecule has 1 aromatic rings. The van der Waals surface area contributed by atoms with Gasteiger partial charge in [0, 0.05) is 25.5 Å². The van der Waals surface area contributed by atoms with Crippen LogP contribution in [0.5, 0.6) is 0 Å². The van der Waals surface area contributed by atoms with Gasteiger partial charge in [0.05, 0.1) is 12.7 Å². The quantitative estimate of drug-likeness (QED) is 0.740. The normalized spacial score (nSPS) is 23.9. The molecule has 2 heterocycles. The third-order valence-electron chi connectivity index (χ3n) is 2.38. The highest BCUT2D eigenvalue weighted by molar-refractivity contribution is 7.07. The molecule has 1 aromatic heterocycles. The summed E-state index contributed by atoms with van der Waals surface area (Å²) in [5.74, 6) is 0.597. The molecule has 78 valence electrons. The number of hydrogen-bond acceptors (Lipinski definition) is 3. The summed E-state index contributed by atoms with van der Waals surface area (Å²) < 4.78 is 5.51. The molecule has 0 aromatic carbocycles. The van der Waals surface area contributed by atoms with Crippen molar-refractivity contribution in [3.05, 3.63) is 22.4 Å². The zero-order chi connectivity index (χ0) is 9.80. The van der Waals surface area contributed by atoms with Crippen molar-refractivity contribution in [3.63, 3.8) is 0 Å². The van der Waals surface area contributed by atoms with Gasteiger partial charge in [0.15, 0.2) is 0 Å². The zero-order valence-electron chi connectivity index (χ0n) is 7.99. The summed E-state index contributed by atoms with van der Waals surface area (Å²) in [6, 6.07) is 2.18. The lowest BCUT2D eigenvalue weighted by atomic mass is 10.2. The average molecular weight is 232 g/mol. The minimum atomic E-state index is 0.212. The molecule has 0 saturated carbocycles. The standard InChI is InChI=1S/C10H14ClNOS/c11-5-10-7-12(2-3-13-10)6-9-1-4-14-8-9/h1,4,8,10H,2-3,5-7H2. The predicted octanol–water partition coefficient (Wildman–Crippen LogP) is 2.19. The molecule has 1 fully saturated rings. The van der Waals surface area contributed by atoms with E-state index in [4.69, 9.17) is 16.3 Å². The van der Waals surface area contributed by atoms with E-state index in [0.717, 1.165) is 26.2 Å². The van der Waals surface area contributed by atoms with Crippen molar-refractivity contribution >= 4 is 22.9 Å². The molecule has 2 nitrogen and oxygen atoms in total. The maximum Gasteiger partial charge on any atom is 0.0837 e. The van der Waals surface area contributed by atoms with Crippen LogP contribution >= 0.6 is 22.9 Å². The van der Waals surface area contributed by atoms with Gasteiger partial charge in [-0.3, -0.25) is 4.90 Å². The second-order valence-electron chi connectivity index (χ2n) is 3.51. The molecule has 14 heavy (non-hydrogen) atoms. The number of alkyl halides is 1. The van der Waals surface area contributed by atoms with E-state index in [1.807, 2.05) is 0 Å². The van der Waals surface area contributed by atoms with Crippen molar-refractivity contribution < 1.29 is 4.74 Å². The molecule has 1 saturated heterocycles. The summed E-state index contributed by atoms with van der Waals surface area (Å²) >= 11 is 7.53. The highest BCUT2D eigenvalue weighted by Crippen LogP contribution is 2.13. The SMILES string of the molecule is ClCC1CN(Cc2ccsc2)CCO1. The maximum absolute atomic E-state index is 5.78. The van der Waals surface area contributed by atoms with E-state index in [2.05, 4.69) is 21.7 Å². The fourth-order valence-electron chi connectivity index (χ4n) is 1.66. The van der Waals surface area contributed by atoms with Crippen LogP contribution in [0.3, 0.4) is 0 Å². The first kappa shape index (κ1) is 10.4. The van der Waals surface area contributed by atoms with Gasteiger partial charge in [0.2, 0.25) is 0 Å². The summed E-state index contributed by atoms with van der Waals surface area (Å²) in [5.41, 5.74) is 1.39. The minimum Gasteiger partial charge on any atom is -0.374 e. The summed E-state index contributed by atoms with van der Waals surface area (Å²) in [4.78, 5) is 2.40. The van der Waals surface area contributed by atoms with Gasteiger partial charge >= 0.3 is 0 Å². The fourth-order valence-corrected chi connectivity index (χ4v) is 2.50. The molecule has 1 atom stereocenters. The molecule has 4 heteroatoms. The Morgan fingerprint density at radius 2 is 2.57 bits per heavy atom. The predicted molar refractivity (Wildman–Crippen MR) is 60.1 cm³/mol. The molecule has 0 aliphatic carbocycles. The molecule has 0 amide bonds. The number of morpholine rings is 1. The monoisotopic (exact) mass is 231 g/mol. The summed E-state index contributed by atoms with van der Waals surface area (Å²) in [5, 5.41) is 4.32. The van der Waals surface area contributed by atoms with Crippen LogP contribution in [0.1, 0.15) is 5.56 Å². The Morgan fingerprint density at radius 3 is 3.29 bits per heavy atom. The van der Waals surface area contributed by atoms with Crippen molar-refractivity contribution in [1.29, 1.82) is 0 Å². The van der Waals surface area contributed by atoms with Crippen LogP contribution in [0.25, 0.3) is 0 Å². The van der Waals surface area contributed by atoms with Crippen LogP contribution in [-0.4, -0.2) is 36.6 Å². The van der Waals surface area contributed by atoms with Gasteiger partial charge in [-0.25, -0.2) is 0 Å². The summed E-state index contributed by atoms with van der Waals surface area (Å²) in [6.45, 7) is 3.81. The van der Waals surface area contributed by atoms with E-state index in [1.54, 1.807) is 11.3 Å². The van der Waals surface area contributed by atoms with E-state index in [9.17, 15) is 0 Å². The molecule has 2 rings (SSSR count). The van der Waals surface area contributed by atoms with Crippen LogP contribution in [0.4, 0.5) is 0 Å². The van der Waals surface area contributed by atoms with E-state index < -0.39 is 0 Å². The topological polar surface area (TPSA) is 12.5 Å². The van der Waals surface area contributed by atoms with E-state index in [-0.39, 0.29) is 6.10 Å². The number of thiophene rings is 1. The van der Waals surface area contributed by atoms with Crippen LogP contribution in [-0.2, 0) is 11.3 Å². The number of nitrogens with zero attached hydrogens (tertiary/aromatic N) is 1. The van der Waals surface area contributed by atoms with Crippen molar-refractivity contribution in [2.75, 3.05) is 25.6 Å². The Bertz CT molecular complexity index is 265. The Labute approximate surface area is 93.4 Å². The smallest absolute Gasteiger partial charge is 0.0837 e. The van der Waals surface area contributed by atoms with Crippen LogP contribution < -0.4 is 0 Å². The molecular weight excluding hydrogens is 218 g/mol. The molecule has 1 aliphatic heterocycles. The first-order valence-corrected chi connectivity index (χ1v) is 6.27. The minimum absolute atomic E-state index is 0.212. The van der Waals surface area contributed by atoms with E-state index in [1.165, 1.54) is 5.56 Å². The van der Waals surface area contributed by atoms with Gasteiger partial charge in [0.1, 0.15) is 0 Å². The van der Waals surface area contributed by atoms with Gasteiger partial charge in [-0.15, -0.1) is 11.6 Å². The average Bonchev–Trinajstić information content (AvgIpc) is 2.71. The zero-order valence-corrected chi connectivity index (χ0v) is 9.56. The molecule has 1 aliphatic rings. The van der Waals surface area contributed by atoms with Gasteiger partial charge < -0.3 is 4.74 Å². The Kier molecular flexibility index (Phi) is 3.81. The summed E-state index contributed by atoms with van der Waals surface area (Å²) in [7, 11) is 0.